The van der Waals surface area contributed by atoms with E-state index in [2.05, 4.69) is 14.9 Å². The molecule has 3 rings (SSSR count). The highest BCUT2D eigenvalue weighted by Gasteiger charge is 2.25. The molecule has 1 N–H and O–H groups in total. The summed E-state index contributed by atoms with van der Waals surface area (Å²) in [5, 5.41) is 2.96. The van der Waals surface area contributed by atoms with Crippen LogP contribution in [-0.4, -0.2) is 21.5 Å². The molecule has 0 atom stereocenters. The Morgan fingerprint density at radius 3 is 3.07 bits per heavy atom. The van der Waals surface area contributed by atoms with E-state index in [0.717, 1.165) is 31.6 Å². The summed E-state index contributed by atoms with van der Waals surface area (Å²) >= 11 is 0. The number of amides is 1. The van der Waals surface area contributed by atoms with Crippen molar-refractivity contribution in [2.24, 2.45) is 0 Å². The van der Waals surface area contributed by atoms with E-state index in [1.807, 2.05) is 6.20 Å². The molecule has 4 nitrogen and oxygen atoms in total. The highest BCUT2D eigenvalue weighted by atomic mass is 16.2. The molecule has 1 aromatic heterocycles. The van der Waals surface area contributed by atoms with Crippen LogP contribution in [0.3, 0.4) is 0 Å². The number of imidazole rings is 1. The van der Waals surface area contributed by atoms with E-state index in [1.165, 1.54) is 12.8 Å². The maximum absolute atomic E-state index is 11.7. The summed E-state index contributed by atoms with van der Waals surface area (Å²) in [6.07, 6.45) is 7.55. The number of rotatable bonds is 2. The number of carbonyl (C=O) groups excluding carboxylic acids is 1. The fourth-order valence-corrected chi connectivity index (χ4v) is 2.01. The molecule has 2 aliphatic rings. The fraction of sp³-hybridized carbons (Fsp3) is 0.636. The molecule has 0 aromatic carbocycles. The third kappa shape index (κ3) is 1.76. The van der Waals surface area contributed by atoms with E-state index in [9.17, 15) is 4.79 Å². The first-order valence-corrected chi connectivity index (χ1v) is 5.70. The molecule has 15 heavy (non-hydrogen) atoms. The molecule has 2 heterocycles. The molecule has 1 aliphatic heterocycles. The van der Waals surface area contributed by atoms with Crippen LogP contribution in [0.1, 0.15) is 42.0 Å². The average molecular weight is 205 g/mol. The molecule has 0 radical (unpaired) electrons. The van der Waals surface area contributed by atoms with Gasteiger partial charge in [-0.1, -0.05) is 0 Å². The molecule has 0 unspecified atom stereocenters. The summed E-state index contributed by atoms with van der Waals surface area (Å²) < 4.78 is 2.12. The van der Waals surface area contributed by atoms with Crippen LogP contribution in [0.15, 0.2) is 6.20 Å². The number of fused-ring (bicyclic) bond motifs is 1. The minimum absolute atomic E-state index is 0.000556. The number of carbonyl (C=O) groups is 1. The van der Waals surface area contributed by atoms with Gasteiger partial charge in [0.05, 0.1) is 0 Å². The Bertz CT molecular complexity index is 369. The third-order valence-corrected chi connectivity index (χ3v) is 3.05. The Balaban J connectivity index is 1.78. The topological polar surface area (TPSA) is 46.9 Å². The fourth-order valence-electron chi connectivity index (χ4n) is 2.01. The monoisotopic (exact) mass is 205 g/mol. The van der Waals surface area contributed by atoms with Crippen molar-refractivity contribution in [2.75, 3.05) is 0 Å². The van der Waals surface area contributed by atoms with Crippen LogP contribution in [0.4, 0.5) is 0 Å². The predicted molar refractivity (Wildman–Crippen MR) is 55.7 cm³/mol. The standard InChI is InChI=1S/C11H15N3O/c15-11(12-8-4-5-8)9-7-14-6-2-1-3-10(14)13-9/h7-8H,1-6H2,(H,12,15). The number of nitrogens with zero attached hydrogens (tertiary/aromatic N) is 2. The van der Waals surface area contributed by atoms with E-state index in [4.69, 9.17) is 0 Å². The van der Waals surface area contributed by atoms with E-state index in [1.54, 1.807) is 0 Å². The highest BCUT2D eigenvalue weighted by molar-refractivity contribution is 5.92. The molecule has 0 bridgehead atoms. The van der Waals surface area contributed by atoms with Gasteiger partial charge in [0.25, 0.3) is 5.91 Å². The van der Waals surface area contributed by atoms with Crippen LogP contribution >= 0.6 is 0 Å². The Morgan fingerprint density at radius 1 is 1.47 bits per heavy atom. The summed E-state index contributed by atoms with van der Waals surface area (Å²) in [5.41, 5.74) is 0.596. The van der Waals surface area contributed by atoms with E-state index >= 15 is 0 Å². The van der Waals surface area contributed by atoms with E-state index < -0.39 is 0 Å². The maximum Gasteiger partial charge on any atom is 0.271 e. The second kappa shape index (κ2) is 3.36. The predicted octanol–water partition coefficient (Wildman–Crippen LogP) is 1.11. The highest BCUT2D eigenvalue weighted by Crippen LogP contribution is 2.20. The van der Waals surface area contributed by atoms with Gasteiger partial charge in [0, 0.05) is 25.2 Å². The second-order valence-corrected chi connectivity index (χ2v) is 4.44. The number of hydrogen-bond donors (Lipinski definition) is 1. The molecule has 1 fully saturated rings. The quantitative estimate of drug-likeness (QED) is 0.786. The van der Waals surface area contributed by atoms with Gasteiger partial charge < -0.3 is 9.88 Å². The summed E-state index contributed by atoms with van der Waals surface area (Å²) in [5.74, 6) is 1.07. The van der Waals surface area contributed by atoms with Crippen LogP contribution in [0, 0.1) is 0 Å². The Morgan fingerprint density at radius 2 is 2.33 bits per heavy atom. The van der Waals surface area contributed by atoms with Gasteiger partial charge in [0.15, 0.2) is 0 Å². The van der Waals surface area contributed by atoms with E-state index in [0.29, 0.717) is 11.7 Å². The van der Waals surface area contributed by atoms with Crippen LogP contribution in [0.2, 0.25) is 0 Å². The molecule has 0 saturated heterocycles. The van der Waals surface area contributed by atoms with Crippen molar-refractivity contribution in [2.45, 2.75) is 44.7 Å². The summed E-state index contributed by atoms with van der Waals surface area (Å²) in [6.45, 7) is 1.01. The average Bonchev–Trinajstić information content (AvgIpc) is 2.95. The van der Waals surface area contributed by atoms with Gasteiger partial charge in [-0.05, 0) is 25.7 Å². The van der Waals surface area contributed by atoms with Crippen molar-refractivity contribution in [1.82, 2.24) is 14.9 Å². The van der Waals surface area contributed by atoms with Crippen molar-refractivity contribution in [1.29, 1.82) is 0 Å². The Labute approximate surface area is 88.7 Å². The van der Waals surface area contributed by atoms with Crippen molar-refractivity contribution >= 4 is 5.91 Å². The van der Waals surface area contributed by atoms with Crippen LogP contribution in [0.5, 0.6) is 0 Å². The lowest BCUT2D eigenvalue weighted by molar-refractivity contribution is 0.0946. The zero-order valence-electron chi connectivity index (χ0n) is 8.70. The lowest BCUT2D eigenvalue weighted by atomic mass is 10.2. The van der Waals surface area contributed by atoms with Gasteiger partial charge >= 0.3 is 0 Å². The lowest BCUT2D eigenvalue weighted by Gasteiger charge is -2.11. The summed E-state index contributed by atoms with van der Waals surface area (Å²) in [4.78, 5) is 16.1. The van der Waals surface area contributed by atoms with Gasteiger partial charge in [-0.25, -0.2) is 4.98 Å². The molecule has 1 saturated carbocycles. The molecule has 1 amide bonds. The normalized spacial score (nSPS) is 19.7. The van der Waals surface area contributed by atoms with Crippen molar-refractivity contribution in [3.63, 3.8) is 0 Å². The van der Waals surface area contributed by atoms with Crippen LogP contribution < -0.4 is 5.32 Å². The van der Waals surface area contributed by atoms with Crippen molar-refractivity contribution < 1.29 is 4.79 Å². The molecule has 1 aliphatic carbocycles. The van der Waals surface area contributed by atoms with Crippen molar-refractivity contribution in [3.05, 3.63) is 17.7 Å². The first-order chi connectivity index (χ1) is 7.33. The number of aromatic nitrogens is 2. The molecule has 4 heteroatoms. The Kier molecular flexibility index (Phi) is 2.01. The molecule has 1 aromatic rings. The van der Waals surface area contributed by atoms with Gasteiger partial charge in [-0.15, -0.1) is 0 Å². The first kappa shape index (κ1) is 8.95. The van der Waals surface area contributed by atoms with Gasteiger partial charge in [-0.2, -0.15) is 0 Å². The lowest BCUT2D eigenvalue weighted by Crippen LogP contribution is -2.25. The summed E-state index contributed by atoms with van der Waals surface area (Å²) in [7, 11) is 0. The summed E-state index contributed by atoms with van der Waals surface area (Å²) in [6, 6.07) is 0.413. The SMILES string of the molecule is O=C(NC1CC1)c1cn2c(n1)CCCC2. The zero-order chi connectivity index (χ0) is 10.3. The largest absolute Gasteiger partial charge is 0.348 e. The number of aryl methyl sites for hydroxylation is 2. The smallest absolute Gasteiger partial charge is 0.271 e. The minimum Gasteiger partial charge on any atom is -0.348 e. The van der Waals surface area contributed by atoms with Gasteiger partial charge in [0.2, 0.25) is 0 Å². The van der Waals surface area contributed by atoms with Gasteiger partial charge in [0.1, 0.15) is 11.5 Å². The maximum atomic E-state index is 11.7. The minimum atomic E-state index is -0.000556. The molecule has 80 valence electrons. The molecular formula is C11H15N3O. The first-order valence-electron chi connectivity index (χ1n) is 5.70. The molecule has 0 spiro atoms. The van der Waals surface area contributed by atoms with Crippen molar-refractivity contribution in [3.8, 4) is 0 Å². The van der Waals surface area contributed by atoms with E-state index in [-0.39, 0.29) is 5.91 Å². The zero-order valence-corrected chi connectivity index (χ0v) is 8.70. The third-order valence-electron chi connectivity index (χ3n) is 3.05. The Hall–Kier alpha value is -1.32. The van der Waals surface area contributed by atoms with Gasteiger partial charge in [-0.3, -0.25) is 4.79 Å². The van der Waals surface area contributed by atoms with Crippen LogP contribution in [-0.2, 0) is 13.0 Å². The number of nitrogens with one attached hydrogen (secondary N) is 1. The van der Waals surface area contributed by atoms with Crippen LogP contribution in [0.25, 0.3) is 0 Å². The number of hydrogen-bond acceptors (Lipinski definition) is 2. The molecular weight excluding hydrogens is 190 g/mol. The second-order valence-electron chi connectivity index (χ2n) is 4.44.